The summed E-state index contributed by atoms with van der Waals surface area (Å²) in [6.45, 7) is 4.26. The SMILES string of the molecule is CC/C=C\C/C=C\C/C=C\C/C=C\C/C=C\C=C/C(O)CCC(=O)O[C@H](COC(=O)CCCCCCCCCCCCC(C)C)COP(=O)(O)OC[C@@H](O)CO. The van der Waals surface area contributed by atoms with Crippen molar-refractivity contribution in [1.82, 2.24) is 0 Å². The summed E-state index contributed by atoms with van der Waals surface area (Å²) in [6.07, 6.45) is 37.8. The van der Waals surface area contributed by atoms with E-state index in [1.807, 2.05) is 12.2 Å². The van der Waals surface area contributed by atoms with E-state index in [0.717, 1.165) is 57.3 Å². The molecule has 0 saturated carbocycles. The summed E-state index contributed by atoms with van der Waals surface area (Å²) in [5.41, 5.74) is 0. The van der Waals surface area contributed by atoms with Gasteiger partial charge in [-0.3, -0.25) is 18.6 Å². The Bertz CT molecular complexity index is 1190. The van der Waals surface area contributed by atoms with Gasteiger partial charge < -0.3 is 29.7 Å². The zero-order valence-electron chi connectivity index (χ0n) is 34.6. The van der Waals surface area contributed by atoms with E-state index in [2.05, 4.69) is 73.9 Å². The van der Waals surface area contributed by atoms with Crippen LogP contribution in [0, 0.1) is 5.92 Å². The maximum absolute atomic E-state index is 12.6. The summed E-state index contributed by atoms with van der Waals surface area (Å²) in [6, 6.07) is 0. The van der Waals surface area contributed by atoms with Gasteiger partial charge in [-0.25, -0.2) is 4.57 Å². The number of hydrogen-bond donors (Lipinski definition) is 4. The number of hydrogen-bond acceptors (Lipinski definition) is 10. The third kappa shape index (κ3) is 38.3. The first-order chi connectivity index (χ1) is 27.0. The molecule has 0 radical (unpaired) electrons. The topological polar surface area (TPSA) is 169 Å². The fraction of sp³-hybridized carbons (Fsp3) is 0.682. The summed E-state index contributed by atoms with van der Waals surface area (Å²) in [5.74, 6) is -0.438. The molecule has 0 aromatic heterocycles. The standard InChI is InChI=1S/C44H75O11P/c1-4-5-6-7-8-9-10-11-12-13-14-15-19-22-25-28-31-40(46)33-34-44(49)55-42(38-54-56(50,51)53-36-41(47)35-45)37-52-43(48)32-29-26-23-20-17-16-18-21-24-27-30-39(2)3/h5-6,8-9,11-12,14-15,22,25,28,31,39-42,45-47H,4,7,10,13,16-21,23-24,26-27,29-30,32-38H2,1-3H3,(H,50,51)/b6-5-,9-8-,12-11-,15-14-,25-22-,31-28-/t40?,41-,42+/m0/s1. The molecule has 2 unspecified atom stereocenters. The highest BCUT2D eigenvalue weighted by molar-refractivity contribution is 7.47. The number of rotatable bonds is 37. The Kier molecular flexibility index (Phi) is 36.1. The third-order valence-corrected chi connectivity index (χ3v) is 9.37. The number of esters is 2. The van der Waals surface area contributed by atoms with Crippen molar-refractivity contribution < 1.29 is 52.9 Å². The van der Waals surface area contributed by atoms with Crippen LogP contribution in [0.4, 0.5) is 0 Å². The molecule has 12 heteroatoms. The van der Waals surface area contributed by atoms with Gasteiger partial charge in [-0.2, -0.15) is 0 Å². The van der Waals surface area contributed by atoms with E-state index >= 15 is 0 Å². The van der Waals surface area contributed by atoms with Crippen LogP contribution in [-0.4, -0.2) is 76.9 Å². The maximum atomic E-state index is 12.6. The van der Waals surface area contributed by atoms with Crippen molar-refractivity contribution in [3.8, 4) is 0 Å². The zero-order valence-corrected chi connectivity index (χ0v) is 35.5. The van der Waals surface area contributed by atoms with Gasteiger partial charge >= 0.3 is 19.8 Å². The summed E-state index contributed by atoms with van der Waals surface area (Å²) in [5, 5.41) is 28.6. The predicted molar refractivity (Wildman–Crippen MR) is 225 cm³/mol. The van der Waals surface area contributed by atoms with Crippen molar-refractivity contribution in [2.45, 2.75) is 161 Å². The number of aliphatic hydroxyl groups excluding tert-OH is 3. The number of phosphoric ester groups is 1. The molecule has 0 bridgehead atoms. The van der Waals surface area contributed by atoms with Gasteiger partial charge in [0, 0.05) is 12.8 Å². The number of allylic oxidation sites excluding steroid dienone is 11. The Morgan fingerprint density at radius 1 is 0.625 bits per heavy atom. The van der Waals surface area contributed by atoms with Crippen LogP contribution >= 0.6 is 7.82 Å². The molecule has 0 fully saturated rings. The Labute approximate surface area is 338 Å². The van der Waals surface area contributed by atoms with Gasteiger partial charge in [0.1, 0.15) is 12.7 Å². The smallest absolute Gasteiger partial charge is 0.462 e. The number of phosphoric acid groups is 1. The normalized spacial score (nSPS) is 15.3. The molecule has 0 saturated heterocycles. The second-order valence-electron chi connectivity index (χ2n) is 14.3. The van der Waals surface area contributed by atoms with Gasteiger partial charge in [-0.05, 0) is 50.9 Å². The molecule has 0 amide bonds. The first-order valence-electron chi connectivity index (χ1n) is 20.9. The molecule has 322 valence electrons. The zero-order chi connectivity index (χ0) is 41.5. The second-order valence-corrected chi connectivity index (χ2v) is 15.8. The molecule has 4 atom stereocenters. The Balaban J connectivity index is 4.59. The molecule has 0 aromatic carbocycles. The molecule has 4 N–H and O–H groups in total. The van der Waals surface area contributed by atoms with Crippen molar-refractivity contribution in [2.24, 2.45) is 5.92 Å². The van der Waals surface area contributed by atoms with Crippen molar-refractivity contribution >= 4 is 19.8 Å². The molecule has 0 aliphatic carbocycles. The molecular formula is C44H75O11P. The lowest BCUT2D eigenvalue weighted by atomic mass is 10.0. The lowest BCUT2D eigenvalue weighted by molar-refractivity contribution is -0.161. The summed E-state index contributed by atoms with van der Waals surface area (Å²) in [4.78, 5) is 34.9. The van der Waals surface area contributed by atoms with Crippen LogP contribution in [0.1, 0.15) is 143 Å². The quantitative estimate of drug-likeness (QED) is 0.0155. The largest absolute Gasteiger partial charge is 0.472 e. The minimum Gasteiger partial charge on any atom is -0.462 e. The van der Waals surface area contributed by atoms with E-state index in [4.69, 9.17) is 19.1 Å². The summed E-state index contributed by atoms with van der Waals surface area (Å²) in [7, 11) is -4.69. The van der Waals surface area contributed by atoms with Crippen LogP contribution in [0.2, 0.25) is 0 Å². The van der Waals surface area contributed by atoms with Crippen LogP contribution in [0.5, 0.6) is 0 Å². The maximum Gasteiger partial charge on any atom is 0.472 e. The molecule has 0 heterocycles. The van der Waals surface area contributed by atoms with E-state index in [-0.39, 0.29) is 19.3 Å². The Hall–Kier alpha value is -2.63. The van der Waals surface area contributed by atoms with E-state index < -0.39 is 64.5 Å². The molecule has 0 aliphatic heterocycles. The summed E-state index contributed by atoms with van der Waals surface area (Å²) < 4.78 is 32.5. The fourth-order valence-corrected chi connectivity index (χ4v) is 5.96. The third-order valence-electron chi connectivity index (χ3n) is 8.42. The molecule has 0 rings (SSSR count). The van der Waals surface area contributed by atoms with Gasteiger partial charge in [-0.15, -0.1) is 0 Å². The first-order valence-corrected chi connectivity index (χ1v) is 22.4. The molecule has 11 nitrogen and oxygen atoms in total. The van der Waals surface area contributed by atoms with E-state index in [0.29, 0.717) is 6.42 Å². The fourth-order valence-electron chi connectivity index (χ4n) is 5.17. The van der Waals surface area contributed by atoms with E-state index in [1.165, 1.54) is 44.9 Å². The van der Waals surface area contributed by atoms with Gasteiger partial charge in [0.25, 0.3) is 0 Å². The first kappa shape index (κ1) is 53.4. The highest BCUT2D eigenvalue weighted by Crippen LogP contribution is 2.43. The van der Waals surface area contributed by atoms with Gasteiger partial charge in [-0.1, -0.05) is 158 Å². The van der Waals surface area contributed by atoms with Crippen LogP contribution < -0.4 is 0 Å². The van der Waals surface area contributed by atoms with Crippen molar-refractivity contribution in [2.75, 3.05) is 26.4 Å². The average Bonchev–Trinajstić information content (AvgIpc) is 3.17. The molecule has 0 spiro atoms. The van der Waals surface area contributed by atoms with Crippen molar-refractivity contribution in [3.63, 3.8) is 0 Å². The molecule has 56 heavy (non-hydrogen) atoms. The highest BCUT2D eigenvalue weighted by atomic mass is 31.2. The number of ether oxygens (including phenoxy) is 2. The number of unbranched alkanes of at least 4 members (excludes halogenated alkanes) is 9. The number of aliphatic hydroxyl groups is 3. The minimum absolute atomic E-state index is 0.0619. The van der Waals surface area contributed by atoms with E-state index in [1.54, 1.807) is 12.2 Å². The molecular weight excluding hydrogens is 735 g/mol. The lowest BCUT2D eigenvalue weighted by Gasteiger charge is -2.20. The highest BCUT2D eigenvalue weighted by Gasteiger charge is 2.27. The van der Waals surface area contributed by atoms with Crippen LogP contribution in [-0.2, 0) is 32.7 Å². The lowest BCUT2D eigenvalue weighted by Crippen LogP contribution is -2.30. The Morgan fingerprint density at radius 3 is 1.70 bits per heavy atom. The number of carbonyl (C=O) groups is 2. The summed E-state index contributed by atoms with van der Waals surface area (Å²) >= 11 is 0. The number of carbonyl (C=O) groups excluding carboxylic acids is 2. The van der Waals surface area contributed by atoms with Gasteiger partial charge in [0.2, 0.25) is 0 Å². The second kappa shape index (κ2) is 37.9. The Morgan fingerprint density at radius 2 is 1.14 bits per heavy atom. The minimum atomic E-state index is -4.69. The van der Waals surface area contributed by atoms with E-state index in [9.17, 15) is 29.3 Å². The van der Waals surface area contributed by atoms with Crippen molar-refractivity contribution in [1.29, 1.82) is 0 Å². The van der Waals surface area contributed by atoms with Crippen molar-refractivity contribution in [3.05, 3.63) is 72.9 Å². The molecule has 0 aliphatic rings. The van der Waals surface area contributed by atoms with Crippen LogP contribution in [0.3, 0.4) is 0 Å². The monoisotopic (exact) mass is 811 g/mol. The average molecular weight is 811 g/mol. The van der Waals surface area contributed by atoms with Gasteiger partial charge in [0.05, 0.1) is 25.9 Å². The van der Waals surface area contributed by atoms with Crippen LogP contribution in [0.25, 0.3) is 0 Å². The van der Waals surface area contributed by atoms with Crippen LogP contribution in [0.15, 0.2) is 72.9 Å². The molecule has 0 aromatic rings. The van der Waals surface area contributed by atoms with Gasteiger partial charge in [0.15, 0.2) is 6.10 Å². The predicted octanol–water partition coefficient (Wildman–Crippen LogP) is 9.71.